The predicted molar refractivity (Wildman–Crippen MR) is 137 cm³/mol. The second-order valence-electron chi connectivity index (χ2n) is 7.14. The first kappa shape index (κ1) is 24.1. The molecule has 10 heteroatoms. The molecule has 0 aliphatic rings. The first-order chi connectivity index (χ1) is 16.5. The van der Waals surface area contributed by atoms with Crippen molar-refractivity contribution in [1.82, 2.24) is 10.3 Å². The molecule has 4 aromatic rings. The number of fused-ring (bicyclic) bond motifs is 1. The zero-order valence-electron chi connectivity index (χ0n) is 18.4. The van der Waals surface area contributed by atoms with Gasteiger partial charge in [-0.1, -0.05) is 54.2 Å². The maximum absolute atomic E-state index is 13.4. The van der Waals surface area contributed by atoms with E-state index in [2.05, 4.69) is 10.3 Å². The van der Waals surface area contributed by atoms with Gasteiger partial charge >= 0.3 is 0 Å². The smallest absolute Gasteiger partial charge is 0.264 e. The molecule has 3 aromatic carbocycles. The topological polar surface area (TPSA) is 88.6 Å². The fraction of sp³-hybridized carbons (Fsp3) is 0.167. The highest BCUT2D eigenvalue weighted by molar-refractivity contribution is 8.01. The number of amides is 1. The van der Waals surface area contributed by atoms with E-state index in [1.807, 2.05) is 24.3 Å². The van der Waals surface area contributed by atoms with Gasteiger partial charge < -0.3 is 10.1 Å². The number of hydrogen-bond acceptors (Lipinski definition) is 7. The van der Waals surface area contributed by atoms with Gasteiger partial charge in [0.1, 0.15) is 12.3 Å². The fourth-order valence-electron chi connectivity index (χ4n) is 3.28. The van der Waals surface area contributed by atoms with Crippen LogP contribution in [-0.2, 0) is 14.8 Å². The number of sulfonamides is 1. The fourth-order valence-corrected chi connectivity index (χ4v) is 6.73. The van der Waals surface area contributed by atoms with E-state index < -0.39 is 15.9 Å². The Balaban J connectivity index is 1.44. The Labute approximate surface area is 206 Å². The number of benzene rings is 3. The molecule has 1 aromatic heterocycles. The third-order valence-electron chi connectivity index (χ3n) is 4.90. The molecule has 0 radical (unpaired) electrons. The van der Waals surface area contributed by atoms with Crippen LogP contribution in [0.15, 0.2) is 88.1 Å². The number of carbonyl (C=O) groups excluding carboxylic acids is 1. The minimum Gasteiger partial charge on any atom is -0.495 e. The Hall–Kier alpha value is -3.08. The summed E-state index contributed by atoms with van der Waals surface area (Å²) in [6.45, 7) is 0.00792. The molecule has 0 spiro atoms. The Bertz CT molecular complexity index is 1340. The lowest BCUT2D eigenvalue weighted by molar-refractivity contribution is -0.119. The standard InChI is InChI=1S/C24H23N3O4S3/c1-31-21-13-7-6-12-20(21)27(34(29,30)18-9-3-2-4-10-18)17-23(28)25-15-16-32-24-26-19-11-5-8-14-22(19)33-24/h2-14H,15-17H2,1H3,(H,25,28). The molecule has 0 aliphatic heterocycles. The normalized spacial score (nSPS) is 11.3. The Morgan fingerprint density at radius 1 is 1.03 bits per heavy atom. The summed E-state index contributed by atoms with van der Waals surface area (Å²) in [6.07, 6.45) is 0. The van der Waals surface area contributed by atoms with E-state index in [0.29, 0.717) is 23.7 Å². The van der Waals surface area contributed by atoms with Crippen molar-refractivity contribution in [3.63, 3.8) is 0 Å². The second kappa shape index (κ2) is 10.9. The molecule has 0 saturated heterocycles. The van der Waals surface area contributed by atoms with Crippen LogP contribution in [0.25, 0.3) is 10.2 Å². The number of carbonyl (C=O) groups is 1. The van der Waals surface area contributed by atoms with Crippen molar-refractivity contribution in [2.45, 2.75) is 9.24 Å². The van der Waals surface area contributed by atoms with E-state index in [1.54, 1.807) is 65.6 Å². The number of hydrogen-bond donors (Lipinski definition) is 1. The summed E-state index contributed by atoms with van der Waals surface area (Å²) >= 11 is 3.16. The minimum absolute atomic E-state index is 0.0973. The molecule has 1 N–H and O–H groups in total. The van der Waals surface area contributed by atoms with Gasteiger partial charge in [0.25, 0.3) is 10.0 Å². The Morgan fingerprint density at radius 2 is 1.74 bits per heavy atom. The first-order valence-corrected chi connectivity index (χ1v) is 13.7. The van der Waals surface area contributed by atoms with Gasteiger partial charge in [-0.2, -0.15) is 0 Å². The number of anilines is 1. The van der Waals surface area contributed by atoms with E-state index in [-0.39, 0.29) is 11.4 Å². The zero-order valence-corrected chi connectivity index (χ0v) is 20.8. The first-order valence-electron chi connectivity index (χ1n) is 10.4. The number of rotatable bonds is 10. The van der Waals surface area contributed by atoms with Crippen LogP contribution in [0.2, 0.25) is 0 Å². The van der Waals surface area contributed by atoms with Crippen LogP contribution in [0.3, 0.4) is 0 Å². The van der Waals surface area contributed by atoms with Crippen LogP contribution in [0.1, 0.15) is 0 Å². The van der Waals surface area contributed by atoms with Crippen molar-refractivity contribution in [1.29, 1.82) is 0 Å². The van der Waals surface area contributed by atoms with E-state index >= 15 is 0 Å². The van der Waals surface area contributed by atoms with Crippen LogP contribution in [0.5, 0.6) is 5.75 Å². The lowest BCUT2D eigenvalue weighted by Crippen LogP contribution is -2.41. The van der Waals surface area contributed by atoms with Crippen LogP contribution in [0.4, 0.5) is 5.69 Å². The van der Waals surface area contributed by atoms with Gasteiger partial charge in [-0.3, -0.25) is 9.10 Å². The molecule has 34 heavy (non-hydrogen) atoms. The van der Waals surface area contributed by atoms with Crippen molar-refractivity contribution >= 4 is 54.9 Å². The average Bonchev–Trinajstić information content (AvgIpc) is 3.28. The highest BCUT2D eigenvalue weighted by Gasteiger charge is 2.29. The van der Waals surface area contributed by atoms with Gasteiger partial charge in [0.15, 0.2) is 4.34 Å². The lowest BCUT2D eigenvalue weighted by atomic mass is 10.3. The number of nitrogens with one attached hydrogen (secondary N) is 1. The summed E-state index contributed by atoms with van der Waals surface area (Å²) in [7, 11) is -2.53. The highest BCUT2D eigenvalue weighted by Crippen LogP contribution is 2.32. The predicted octanol–water partition coefficient (Wildman–Crippen LogP) is 4.41. The third-order valence-corrected chi connectivity index (χ3v) is 8.85. The molecular formula is C24H23N3O4S3. The molecule has 1 heterocycles. The van der Waals surface area contributed by atoms with Crippen molar-refractivity contribution in [2.24, 2.45) is 0 Å². The van der Waals surface area contributed by atoms with Gasteiger partial charge in [0, 0.05) is 12.3 Å². The largest absolute Gasteiger partial charge is 0.495 e. The maximum Gasteiger partial charge on any atom is 0.264 e. The summed E-state index contributed by atoms with van der Waals surface area (Å²) in [6, 6.07) is 22.7. The molecule has 0 fully saturated rings. The Morgan fingerprint density at radius 3 is 2.50 bits per heavy atom. The number of aromatic nitrogens is 1. The maximum atomic E-state index is 13.4. The molecule has 4 rings (SSSR count). The third kappa shape index (κ3) is 5.52. The quantitative estimate of drug-likeness (QED) is 0.250. The average molecular weight is 514 g/mol. The summed E-state index contributed by atoms with van der Waals surface area (Å²) in [5.74, 6) is 0.572. The molecule has 0 atom stereocenters. The van der Waals surface area contributed by atoms with Crippen LogP contribution in [0, 0.1) is 0 Å². The highest BCUT2D eigenvalue weighted by atomic mass is 32.2. The molecule has 0 unspecified atom stereocenters. The van der Waals surface area contributed by atoms with Gasteiger partial charge in [0.2, 0.25) is 5.91 Å². The van der Waals surface area contributed by atoms with Crippen LogP contribution >= 0.6 is 23.1 Å². The second-order valence-corrected chi connectivity index (χ2v) is 11.4. The van der Waals surface area contributed by atoms with Gasteiger partial charge in [0.05, 0.1) is 27.9 Å². The van der Waals surface area contributed by atoms with Crippen molar-refractivity contribution in [3.05, 3.63) is 78.9 Å². The van der Waals surface area contributed by atoms with E-state index in [4.69, 9.17) is 4.74 Å². The van der Waals surface area contributed by atoms with Gasteiger partial charge in [-0.05, 0) is 36.4 Å². The monoisotopic (exact) mass is 513 g/mol. The number of para-hydroxylation sites is 3. The van der Waals surface area contributed by atoms with E-state index in [9.17, 15) is 13.2 Å². The number of ether oxygens (including phenoxy) is 1. The van der Waals surface area contributed by atoms with Crippen LogP contribution < -0.4 is 14.4 Å². The van der Waals surface area contributed by atoms with Gasteiger partial charge in [-0.15, -0.1) is 11.3 Å². The van der Waals surface area contributed by atoms with Crippen molar-refractivity contribution < 1.29 is 17.9 Å². The molecule has 0 saturated carbocycles. The van der Waals surface area contributed by atoms with E-state index in [1.165, 1.54) is 19.2 Å². The molecule has 7 nitrogen and oxygen atoms in total. The van der Waals surface area contributed by atoms with Crippen LogP contribution in [-0.4, -0.2) is 45.3 Å². The van der Waals surface area contributed by atoms with Crippen molar-refractivity contribution in [3.8, 4) is 5.75 Å². The number of methoxy groups -OCH3 is 1. The summed E-state index contributed by atoms with van der Waals surface area (Å²) in [5.41, 5.74) is 1.26. The number of thiazole rings is 1. The molecule has 176 valence electrons. The molecular weight excluding hydrogens is 490 g/mol. The molecule has 0 bridgehead atoms. The SMILES string of the molecule is COc1ccccc1N(CC(=O)NCCSc1nc2ccccc2s1)S(=O)(=O)c1ccccc1. The zero-order chi connectivity index (χ0) is 24.0. The lowest BCUT2D eigenvalue weighted by Gasteiger charge is -2.25. The minimum atomic E-state index is -3.99. The summed E-state index contributed by atoms with van der Waals surface area (Å²) in [4.78, 5) is 17.4. The molecule has 0 aliphatic carbocycles. The summed E-state index contributed by atoms with van der Waals surface area (Å²) < 4.78 is 35.3. The number of thioether (sulfide) groups is 1. The van der Waals surface area contributed by atoms with Crippen molar-refractivity contribution in [2.75, 3.05) is 30.3 Å². The summed E-state index contributed by atoms with van der Waals surface area (Å²) in [5, 5.41) is 2.82. The Kier molecular flexibility index (Phi) is 7.71. The number of nitrogens with zero attached hydrogens (tertiary/aromatic N) is 2. The molecule has 1 amide bonds. The van der Waals surface area contributed by atoms with E-state index in [0.717, 1.165) is 18.9 Å². The van der Waals surface area contributed by atoms with Gasteiger partial charge in [-0.25, -0.2) is 13.4 Å².